The molecule has 1 aromatic carbocycles. The van der Waals surface area contributed by atoms with Crippen LogP contribution in [0, 0.1) is 15.5 Å². The summed E-state index contributed by atoms with van der Waals surface area (Å²) in [5.41, 5.74) is 0.707. The van der Waals surface area contributed by atoms with Gasteiger partial charge in [-0.15, -0.1) is 0 Å². The van der Waals surface area contributed by atoms with E-state index >= 15 is 0 Å². The fourth-order valence-corrected chi connectivity index (χ4v) is 2.96. The third-order valence-corrected chi connectivity index (χ3v) is 4.26. The number of hydrogen-bond acceptors (Lipinski definition) is 3. The summed E-state index contributed by atoms with van der Waals surface area (Å²) < 4.78 is 0. The van der Waals surface area contributed by atoms with Crippen molar-refractivity contribution in [3.63, 3.8) is 0 Å². The summed E-state index contributed by atoms with van der Waals surface area (Å²) in [6, 6.07) is 4.77. The van der Waals surface area contributed by atoms with Gasteiger partial charge < -0.3 is 5.32 Å². The molecule has 0 heterocycles. The van der Waals surface area contributed by atoms with Gasteiger partial charge in [-0.1, -0.05) is 43.9 Å². The Morgan fingerprint density at radius 2 is 2.05 bits per heavy atom. The molecule has 1 N–H and O–H groups in total. The second kappa shape index (κ2) is 5.78. The summed E-state index contributed by atoms with van der Waals surface area (Å²) >= 11 is 6.07. The average Bonchev–Trinajstić information content (AvgIpc) is 2.38. The zero-order chi connectivity index (χ0) is 13.9. The van der Waals surface area contributed by atoms with Gasteiger partial charge >= 0.3 is 0 Å². The Morgan fingerprint density at radius 1 is 1.37 bits per heavy atom. The first-order valence-electron chi connectivity index (χ1n) is 6.69. The van der Waals surface area contributed by atoms with Crippen molar-refractivity contribution in [1.82, 2.24) is 0 Å². The van der Waals surface area contributed by atoms with Crippen molar-refractivity contribution in [3.8, 4) is 0 Å². The first-order valence-corrected chi connectivity index (χ1v) is 7.06. The molecule has 0 unspecified atom stereocenters. The Morgan fingerprint density at radius 3 is 2.68 bits per heavy atom. The normalized spacial score (nSPS) is 18.0. The van der Waals surface area contributed by atoms with Gasteiger partial charge in [0.1, 0.15) is 5.69 Å². The van der Waals surface area contributed by atoms with E-state index in [1.807, 2.05) is 0 Å². The van der Waals surface area contributed by atoms with E-state index in [0.29, 0.717) is 10.7 Å². The van der Waals surface area contributed by atoms with Crippen LogP contribution in [0.15, 0.2) is 18.2 Å². The molecule has 1 aliphatic carbocycles. The maximum atomic E-state index is 11.0. The lowest BCUT2D eigenvalue weighted by Crippen LogP contribution is -2.29. The predicted octanol–water partition coefficient (Wildman–Crippen LogP) is 4.63. The van der Waals surface area contributed by atoms with Crippen LogP contribution in [-0.2, 0) is 0 Å². The highest BCUT2D eigenvalue weighted by molar-refractivity contribution is 6.33. The molecular formula is C14H19ClN2O2. The minimum Gasteiger partial charge on any atom is -0.378 e. The van der Waals surface area contributed by atoms with Gasteiger partial charge in [0.25, 0.3) is 5.69 Å². The van der Waals surface area contributed by atoms with E-state index < -0.39 is 4.92 Å². The molecule has 19 heavy (non-hydrogen) atoms. The van der Waals surface area contributed by atoms with Crippen molar-refractivity contribution >= 4 is 23.0 Å². The van der Waals surface area contributed by atoms with Crippen LogP contribution < -0.4 is 5.32 Å². The molecule has 0 spiro atoms. The highest BCUT2D eigenvalue weighted by Gasteiger charge is 2.28. The summed E-state index contributed by atoms with van der Waals surface area (Å²) in [6.45, 7) is 2.97. The molecule has 1 fully saturated rings. The van der Waals surface area contributed by atoms with Gasteiger partial charge in [-0.05, 0) is 24.3 Å². The molecular weight excluding hydrogens is 264 g/mol. The van der Waals surface area contributed by atoms with E-state index in [4.69, 9.17) is 11.6 Å². The number of benzene rings is 1. The zero-order valence-electron chi connectivity index (χ0n) is 11.1. The number of anilines is 1. The van der Waals surface area contributed by atoms with Crippen molar-refractivity contribution in [2.45, 2.75) is 39.0 Å². The third-order valence-electron chi connectivity index (χ3n) is 3.94. The van der Waals surface area contributed by atoms with E-state index in [0.717, 1.165) is 19.4 Å². The molecule has 0 amide bonds. The fourth-order valence-electron chi connectivity index (χ4n) is 2.72. The molecule has 2 rings (SSSR count). The number of halogens is 1. The van der Waals surface area contributed by atoms with Gasteiger partial charge in [-0.2, -0.15) is 0 Å². The molecule has 104 valence electrons. The monoisotopic (exact) mass is 282 g/mol. The molecule has 0 bridgehead atoms. The van der Waals surface area contributed by atoms with Crippen LogP contribution in [0.4, 0.5) is 11.4 Å². The standard InChI is InChI=1S/C14H19ClN2O2/c1-14(8-3-2-4-9-14)10-16-13-11(15)6-5-7-12(13)17(18)19/h5-7,16H,2-4,8-10H2,1H3. The number of nitrogens with zero attached hydrogens (tertiary/aromatic N) is 1. The van der Waals surface area contributed by atoms with E-state index in [1.54, 1.807) is 12.1 Å². The first kappa shape index (κ1) is 14.1. The molecule has 0 atom stereocenters. The lowest BCUT2D eigenvalue weighted by Gasteiger charge is -2.34. The maximum absolute atomic E-state index is 11.0. The van der Waals surface area contributed by atoms with Gasteiger partial charge in [0.05, 0.1) is 9.95 Å². The van der Waals surface area contributed by atoms with Crippen molar-refractivity contribution in [3.05, 3.63) is 33.3 Å². The molecule has 4 nitrogen and oxygen atoms in total. The average molecular weight is 283 g/mol. The summed E-state index contributed by atoms with van der Waals surface area (Å²) in [5.74, 6) is 0. The summed E-state index contributed by atoms with van der Waals surface area (Å²) in [7, 11) is 0. The third kappa shape index (κ3) is 3.38. The number of nitro groups is 1. The van der Waals surface area contributed by atoms with E-state index in [9.17, 15) is 10.1 Å². The minimum atomic E-state index is -0.391. The fraction of sp³-hybridized carbons (Fsp3) is 0.571. The lowest BCUT2D eigenvalue weighted by molar-refractivity contribution is -0.384. The summed E-state index contributed by atoms with van der Waals surface area (Å²) in [6.07, 6.45) is 6.10. The van der Waals surface area contributed by atoms with Crippen LogP contribution in [0.5, 0.6) is 0 Å². The second-order valence-electron chi connectivity index (χ2n) is 5.62. The number of para-hydroxylation sites is 1. The largest absolute Gasteiger partial charge is 0.378 e. The van der Waals surface area contributed by atoms with Crippen molar-refractivity contribution in [2.75, 3.05) is 11.9 Å². The van der Waals surface area contributed by atoms with E-state index in [2.05, 4.69) is 12.2 Å². The van der Waals surface area contributed by atoms with Gasteiger partial charge in [0, 0.05) is 12.6 Å². The number of nitrogens with one attached hydrogen (secondary N) is 1. The van der Waals surface area contributed by atoms with Crippen LogP contribution in [0.25, 0.3) is 0 Å². The van der Waals surface area contributed by atoms with Crippen LogP contribution in [0.3, 0.4) is 0 Å². The topological polar surface area (TPSA) is 55.2 Å². The molecule has 1 aromatic rings. The molecule has 5 heteroatoms. The second-order valence-corrected chi connectivity index (χ2v) is 6.02. The SMILES string of the molecule is CC1(CNc2c(Cl)cccc2[N+](=O)[O-])CCCCC1. The van der Waals surface area contributed by atoms with Crippen LogP contribution >= 0.6 is 11.6 Å². The van der Waals surface area contributed by atoms with Crippen LogP contribution in [0.2, 0.25) is 5.02 Å². The minimum absolute atomic E-state index is 0.0481. The van der Waals surface area contributed by atoms with E-state index in [1.165, 1.54) is 25.3 Å². The van der Waals surface area contributed by atoms with Crippen LogP contribution in [-0.4, -0.2) is 11.5 Å². The lowest BCUT2D eigenvalue weighted by atomic mass is 9.76. The smallest absolute Gasteiger partial charge is 0.293 e. The zero-order valence-corrected chi connectivity index (χ0v) is 11.9. The van der Waals surface area contributed by atoms with E-state index in [-0.39, 0.29) is 11.1 Å². The van der Waals surface area contributed by atoms with Gasteiger partial charge in [0.2, 0.25) is 0 Å². The highest BCUT2D eigenvalue weighted by Crippen LogP contribution is 2.38. The Kier molecular flexibility index (Phi) is 4.30. The molecule has 0 saturated heterocycles. The van der Waals surface area contributed by atoms with Crippen molar-refractivity contribution in [2.24, 2.45) is 5.41 Å². The quantitative estimate of drug-likeness (QED) is 0.647. The summed E-state index contributed by atoms with van der Waals surface area (Å²) in [5, 5.41) is 14.6. The maximum Gasteiger partial charge on any atom is 0.293 e. The van der Waals surface area contributed by atoms with Gasteiger partial charge in [-0.25, -0.2) is 0 Å². The van der Waals surface area contributed by atoms with Crippen molar-refractivity contribution in [1.29, 1.82) is 0 Å². The first-order chi connectivity index (χ1) is 9.02. The number of nitro benzene ring substituents is 1. The highest BCUT2D eigenvalue weighted by atomic mass is 35.5. The number of rotatable bonds is 4. The Hall–Kier alpha value is -1.29. The predicted molar refractivity (Wildman–Crippen MR) is 77.8 cm³/mol. The van der Waals surface area contributed by atoms with Gasteiger partial charge in [0.15, 0.2) is 0 Å². The number of hydrogen-bond donors (Lipinski definition) is 1. The molecule has 1 aliphatic rings. The Bertz CT molecular complexity index is 471. The molecule has 0 radical (unpaired) electrons. The van der Waals surface area contributed by atoms with Gasteiger partial charge in [-0.3, -0.25) is 10.1 Å². The molecule has 0 aliphatic heterocycles. The Labute approximate surface area is 118 Å². The van der Waals surface area contributed by atoms with Crippen LogP contribution in [0.1, 0.15) is 39.0 Å². The Balaban J connectivity index is 2.12. The molecule has 1 saturated carbocycles. The molecule has 0 aromatic heterocycles. The summed E-state index contributed by atoms with van der Waals surface area (Å²) in [4.78, 5) is 10.6. The van der Waals surface area contributed by atoms with Crippen molar-refractivity contribution < 1.29 is 4.92 Å².